The summed E-state index contributed by atoms with van der Waals surface area (Å²) in [6.45, 7) is 5.85. The van der Waals surface area contributed by atoms with Crippen molar-refractivity contribution in [2.24, 2.45) is 0 Å². The molecule has 2 heteroatoms. The van der Waals surface area contributed by atoms with Crippen LogP contribution in [0.25, 0.3) is 0 Å². The van der Waals surface area contributed by atoms with E-state index >= 15 is 0 Å². The predicted molar refractivity (Wildman–Crippen MR) is 95.1 cm³/mol. The first kappa shape index (κ1) is 19.4. The predicted octanol–water partition coefficient (Wildman–Crippen LogP) is 6.17. The minimum atomic E-state index is -0.264. The van der Waals surface area contributed by atoms with Crippen molar-refractivity contribution >= 4 is 0 Å². The average Bonchev–Trinajstić information content (AvgIpc) is 2.55. The Morgan fingerprint density at radius 2 is 1.23 bits per heavy atom. The van der Waals surface area contributed by atoms with Gasteiger partial charge in [0.2, 0.25) is 0 Å². The summed E-state index contributed by atoms with van der Waals surface area (Å²) < 4.78 is 12.4. The maximum atomic E-state index is 6.22. The lowest BCUT2D eigenvalue weighted by Gasteiger charge is -2.37. The van der Waals surface area contributed by atoms with Crippen LogP contribution in [0, 0.1) is 0 Å². The zero-order valence-corrected chi connectivity index (χ0v) is 14.8. The zero-order chi connectivity index (χ0) is 15.9. The van der Waals surface area contributed by atoms with Crippen LogP contribution in [0.5, 0.6) is 0 Å². The van der Waals surface area contributed by atoms with Gasteiger partial charge in [0.05, 0.1) is 13.2 Å². The molecule has 0 unspecified atom stereocenters. The molecule has 1 fully saturated rings. The van der Waals surface area contributed by atoms with E-state index < -0.39 is 0 Å². The van der Waals surface area contributed by atoms with Crippen LogP contribution < -0.4 is 0 Å². The monoisotopic (exact) mass is 308 g/mol. The summed E-state index contributed by atoms with van der Waals surface area (Å²) in [4.78, 5) is 0. The first-order chi connectivity index (χ1) is 10.8. The van der Waals surface area contributed by atoms with Crippen LogP contribution in [0.2, 0.25) is 0 Å². The van der Waals surface area contributed by atoms with Gasteiger partial charge in [-0.05, 0) is 65.2 Å². The molecule has 0 aromatic rings. The van der Waals surface area contributed by atoms with Gasteiger partial charge in [-0.1, -0.05) is 30.7 Å². The molecular formula is C20H36O2. The Kier molecular flexibility index (Phi) is 11.4. The van der Waals surface area contributed by atoms with E-state index in [0.717, 1.165) is 38.9 Å². The van der Waals surface area contributed by atoms with Gasteiger partial charge in [0, 0.05) is 12.8 Å². The molecule has 0 radical (unpaired) electrons. The molecule has 0 aromatic carbocycles. The average molecular weight is 309 g/mol. The Morgan fingerprint density at radius 1 is 0.727 bits per heavy atom. The van der Waals surface area contributed by atoms with Gasteiger partial charge in [-0.2, -0.15) is 0 Å². The van der Waals surface area contributed by atoms with E-state index in [1.807, 2.05) is 0 Å². The van der Waals surface area contributed by atoms with E-state index in [9.17, 15) is 0 Å². The smallest absolute Gasteiger partial charge is 0.168 e. The molecular weight excluding hydrogens is 272 g/mol. The van der Waals surface area contributed by atoms with E-state index in [2.05, 4.69) is 38.2 Å². The Hall–Kier alpha value is -0.600. The van der Waals surface area contributed by atoms with Gasteiger partial charge in [-0.3, -0.25) is 0 Å². The highest BCUT2D eigenvalue weighted by molar-refractivity contribution is 4.78. The third-order valence-corrected chi connectivity index (χ3v) is 4.35. The summed E-state index contributed by atoms with van der Waals surface area (Å²) in [7, 11) is 0. The number of rotatable bonds is 12. The van der Waals surface area contributed by atoms with Gasteiger partial charge in [-0.25, -0.2) is 0 Å². The third-order valence-electron chi connectivity index (χ3n) is 4.35. The molecule has 0 aromatic heterocycles. The van der Waals surface area contributed by atoms with E-state index in [1.54, 1.807) is 0 Å². The van der Waals surface area contributed by atoms with Gasteiger partial charge in [0.1, 0.15) is 0 Å². The molecule has 0 aliphatic heterocycles. The van der Waals surface area contributed by atoms with Gasteiger partial charge in [0.15, 0.2) is 5.79 Å². The van der Waals surface area contributed by atoms with Crippen LogP contribution in [0.1, 0.15) is 84.5 Å². The van der Waals surface area contributed by atoms with Gasteiger partial charge < -0.3 is 9.47 Å². The molecule has 128 valence electrons. The summed E-state index contributed by atoms with van der Waals surface area (Å²) >= 11 is 0. The highest BCUT2D eigenvalue weighted by Gasteiger charge is 2.33. The second-order valence-electron chi connectivity index (χ2n) is 6.30. The van der Waals surface area contributed by atoms with Crippen molar-refractivity contribution in [1.82, 2.24) is 0 Å². The molecule has 22 heavy (non-hydrogen) atoms. The first-order valence-corrected chi connectivity index (χ1v) is 9.33. The highest BCUT2D eigenvalue weighted by atomic mass is 16.7. The number of allylic oxidation sites excluding steroid dienone is 4. The van der Waals surface area contributed by atoms with Crippen molar-refractivity contribution in [3.63, 3.8) is 0 Å². The van der Waals surface area contributed by atoms with Crippen LogP contribution in [0.3, 0.4) is 0 Å². The molecule has 0 N–H and O–H groups in total. The maximum Gasteiger partial charge on any atom is 0.168 e. The maximum absolute atomic E-state index is 6.22. The summed E-state index contributed by atoms with van der Waals surface area (Å²) in [5, 5.41) is 0. The molecule has 0 saturated heterocycles. The minimum absolute atomic E-state index is 0.264. The van der Waals surface area contributed by atoms with Crippen molar-refractivity contribution in [1.29, 1.82) is 0 Å². The normalized spacial score (nSPS) is 18.5. The van der Waals surface area contributed by atoms with Crippen molar-refractivity contribution in [3.8, 4) is 0 Å². The third kappa shape index (κ3) is 8.75. The zero-order valence-electron chi connectivity index (χ0n) is 14.8. The lowest BCUT2D eigenvalue weighted by Crippen LogP contribution is -2.38. The Balaban J connectivity index is 2.22. The molecule has 0 atom stereocenters. The summed E-state index contributed by atoms with van der Waals surface area (Å²) in [5.74, 6) is -0.264. The topological polar surface area (TPSA) is 18.5 Å². The molecule has 1 saturated carbocycles. The number of hydrogen-bond donors (Lipinski definition) is 0. The Labute approximate surface area is 138 Å². The lowest BCUT2D eigenvalue weighted by atomic mass is 9.94. The SMILES string of the molecule is CC=CCCCCOC1(OCCCCC=CC)CCCCC1. The largest absolute Gasteiger partial charge is 0.350 e. The molecule has 1 aliphatic rings. The number of ether oxygens (including phenoxy) is 2. The quantitative estimate of drug-likeness (QED) is 0.244. The van der Waals surface area contributed by atoms with E-state index in [4.69, 9.17) is 9.47 Å². The number of hydrogen-bond acceptors (Lipinski definition) is 2. The Bertz CT molecular complexity index is 277. The van der Waals surface area contributed by atoms with Gasteiger partial charge >= 0.3 is 0 Å². The molecule has 0 bridgehead atoms. The lowest BCUT2D eigenvalue weighted by molar-refractivity contribution is -0.253. The molecule has 1 aliphatic carbocycles. The van der Waals surface area contributed by atoms with Crippen molar-refractivity contribution in [2.45, 2.75) is 90.3 Å². The molecule has 1 rings (SSSR count). The fraction of sp³-hybridized carbons (Fsp3) is 0.800. The molecule has 0 heterocycles. The van der Waals surface area contributed by atoms with Crippen LogP contribution >= 0.6 is 0 Å². The second kappa shape index (κ2) is 12.9. The van der Waals surface area contributed by atoms with Crippen LogP contribution in [-0.4, -0.2) is 19.0 Å². The minimum Gasteiger partial charge on any atom is -0.350 e. The Morgan fingerprint density at radius 3 is 1.68 bits per heavy atom. The fourth-order valence-electron chi connectivity index (χ4n) is 3.00. The van der Waals surface area contributed by atoms with Gasteiger partial charge in [0.25, 0.3) is 0 Å². The molecule has 0 spiro atoms. The molecule has 0 amide bonds. The van der Waals surface area contributed by atoms with Crippen molar-refractivity contribution in [3.05, 3.63) is 24.3 Å². The highest BCUT2D eigenvalue weighted by Crippen LogP contribution is 2.33. The number of unbranched alkanes of at least 4 members (excludes halogenated alkanes) is 4. The standard InChI is InChI=1S/C20H36O2/c1-3-5-7-9-14-18-21-20(16-12-11-13-17-20)22-19-15-10-8-6-4-2/h3-6H,7-19H2,1-2H3. The van der Waals surface area contributed by atoms with Crippen LogP contribution in [0.4, 0.5) is 0 Å². The van der Waals surface area contributed by atoms with E-state index in [-0.39, 0.29) is 5.79 Å². The van der Waals surface area contributed by atoms with Crippen molar-refractivity contribution in [2.75, 3.05) is 13.2 Å². The van der Waals surface area contributed by atoms with E-state index in [1.165, 1.54) is 44.9 Å². The van der Waals surface area contributed by atoms with Crippen molar-refractivity contribution < 1.29 is 9.47 Å². The van der Waals surface area contributed by atoms with E-state index in [0.29, 0.717) is 0 Å². The van der Waals surface area contributed by atoms with Crippen LogP contribution in [0.15, 0.2) is 24.3 Å². The first-order valence-electron chi connectivity index (χ1n) is 9.33. The summed E-state index contributed by atoms with van der Waals surface area (Å²) in [5.41, 5.74) is 0. The fourth-order valence-corrected chi connectivity index (χ4v) is 3.00. The van der Waals surface area contributed by atoms with Crippen LogP contribution in [-0.2, 0) is 9.47 Å². The van der Waals surface area contributed by atoms with Gasteiger partial charge in [-0.15, -0.1) is 0 Å². The second-order valence-corrected chi connectivity index (χ2v) is 6.30. The summed E-state index contributed by atoms with van der Waals surface area (Å²) in [6, 6.07) is 0. The summed E-state index contributed by atoms with van der Waals surface area (Å²) in [6.07, 6.45) is 21.7. The molecule has 2 nitrogen and oxygen atoms in total.